The van der Waals surface area contributed by atoms with Gasteiger partial charge in [-0.1, -0.05) is 30.3 Å². The number of sulfonamides is 1. The third-order valence-electron chi connectivity index (χ3n) is 7.25. The van der Waals surface area contributed by atoms with Crippen LogP contribution in [-0.4, -0.2) is 41.5 Å². The minimum absolute atomic E-state index is 0.00952. The molecule has 184 valence electrons. The quantitative estimate of drug-likeness (QED) is 0.547. The third-order valence-corrected chi connectivity index (χ3v) is 9.14. The van der Waals surface area contributed by atoms with Gasteiger partial charge in [-0.2, -0.15) is 9.40 Å². The average molecular weight is 493 g/mol. The number of fused-ring (bicyclic) bond motifs is 1. The second-order valence-corrected chi connectivity index (χ2v) is 11.4. The van der Waals surface area contributed by atoms with E-state index in [0.29, 0.717) is 43.9 Å². The fourth-order valence-electron chi connectivity index (χ4n) is 5.16. The van der Waals surface area contributed by atoms with Gasteiger partial charge in [0.15, 0.2) is 0 Å². The SMILES string of the molecule is O=C(NCc1ccccc1Cn1cccn1)C1CCN(S(=O)(=O)c2ccc3c(c2)CCCC3)CC1. The van der Waals surface area contributed by atoms with Crippen molar-refractivity contribution in [3.63, 3.8) is 0 Å². The molecule has 8 heteroatoms. The number of nitrogens with one attached hydrogen (secondary N) is 1. The molecular formula is C27H32N4O3S. The predicted molar refractivity (Wildman–Crippen MR) is 134 cm³/mol. The summed E-state index contributed by atoms with van der Waals surface area (Å²) in [5, 5.41) is 7.34. The molecule has 2 aromatic carbocycles. The molecule has 1 saturated heterocycles. The van der Waals surface area contributed by atoms with Crippen LogP contribution in [-0.2, 0) is 40.7 Å². The molecule has 1 aromatic heterocycles. The molecule has 2 aliphatic rings. The van der Waals surface area contributed by atoms with Crippen LogP contribution in [0.1, 0.15) is 47.9 Å². The van der Waals surface area contributed by atoms with Crippen molar-refractivity contribution in [3.8, 4) is 0 Å². The van der Waals surface area contributed by atoms with E-state index in [2.05, 4.69) is 10.4 Å². The van der Waals surface area contributed by atoms with Gasteiger partial charge >= 0.3 is 0 Å². The van der Waals surface area contributed by atoms with Crippen LogP contribution in [0.5, 0.6) is 0 Å². The number of rotatable bonds is 7. The first-order chi connectivity index (χ1) is 17.0. The van der Waals surface area contributed by atoms with Crippen molar-refractivity contribution < 1.29 is 13.2 Å². The van der Waals surface area contributed by atoms with E-state index in [4.69, 9.17) is 0 Å². The van der Waals surface area contributed by atoms with Crippen LogP contribution in [0.4, 0.5) is 0 Å². The summed E-state index contributed by atoms with van der Waals surface area (Å²) in [5.41, 5.74) is 4.61. The summed E-state index contributed by atoms with van der Waals surface area (Å²) in [4.78, 5) is 13.3. The van der Waals surface area contributed by atoms with Crippen molar-refractivity contribution in [2.45, 2.75) is 56.5 Å². The summed E-state index contributed by atoms with van der Waals surface area (Å²) in [7, 11) is -3.54. The van der Waals surface area contributed by atoms with Crippen molar-refractivity contribution in [1.29, 1.82) is 0 Å². The number of carbonyl (C=O) groups excluding carboxylic acids is 1. The lowest BCUT2D eigenvalue weighted by molar-refractivity contribution is -0.126. The van der Waals surface area contributed by atoms with Crippen LogP contribution in [0.2, 0.25) is 0 Å². The van der Waals surface area contributed by atoms with Crippen LogP contribution in [0.25, 0.3) is 0 Å². The Morgan fingerprint density at radius 1 is 0.971 bits per heavy atom. The Kier molecular flexibility index (Phi) is 7.02. The molecular weight excluding hydrogens is 460 g/mol. The first-order valence-electron chi connectivity index (χ1n) is 12.4. The minimum Gasteiger partial charge on any atom is -0.352 e. The molecule has 1 aliphatic heterocycles. The molecule has 0 saturated carbocycles. The lowest BCUT2D eigenvalue weighted by Gasteiger charge is -2.31. The molecule has 1 fully saturated rings. The van der Waals surface area contributed by atoms with E-state index in [1.807, 2.05) is 53.3 Å². The summed E-state index contributed by atoms with van der Waals surface area (Å²) in [6, 6.07) is 15.5. The highest BCUT2D eigenvalue weighted by Gasteiger charge is 2.32. The van der Waals surface area contributed by atoms with Gasteiger partial charge in [0, 0.05) is 37.9 Å². The second kappa shape index (κ2) is 10.3. The van der Waals surface area contributed by atoms with Gasteiger partial charge in [0.1, 0.15) is 0 Å². The maximum absolute atomic E-state index is 13.2. The van der Waals surface area contributed by atoms with Gasteiger partial charge in [0.2, 0.25) is 15.9 Å². The normalized spacial score (nSPS) is 17.1. The van der Waals surface area contributed by atoms with Gasteiger partial charge in [0.05, 0.1) is 11.4 Å². The summed E-state index contributed by atoms with van der Waals surface area (Å²) in [5.74, 6) is -0.187. The maximum atomic E-state index is 13.2. The number of nitrogens with zero attached hydrogens (tertiary/aromatic N) is 3. The molecule has 7 nitrogen and oxygen atoms in total. The van der Waals surface area contributed by atoms with Gasteiger partial charge in [0.25, 0.3) is 0 Å². The zero-order chi connectivity index (χ0) is 24.3. The molecule has 0 radical (unpaired) electrons. The smallest absolute Gasteiger partial charge is 0.243 e. The molecule has 0 bridgehead atoms. The highest BCUT2D eigenvalue weighted by atomic mass is 32.2. The molecule has 0 atom stereocenters. The Morgan fingerprint density at radius 3 is 2.46 bits per heavy atom. The monoisotopic (exact) mass is 492 g/mol. The number of hydrogen-bond donors (Lipinski definition) is 1. The lowest BCUT2D eigenvalue weighted by atomic mass is 9.92. The Morgan fingerprint density at radius 2 is 1.71 bits per heavy atom. The minimum atomic E-state index is -3.54. The van der Waals surface area contributed by atoms with Crippen molar-refractivity contribution in [1.82, 2.24) is 19.4 Å². The highest BCUT2D eigenvalue weighted by molar-refractivity contribution is 7.89. The van der Waals surface area contributed by atoms with Crippen molar-refractivity contribution >= 4 is 15.9 Å². The van der Waals surface area contributed by atoms with Crippen LogP contribution in [0, 0.1) is 5.92 Å². The van der Waals surface area contributed by atoms with E-state index in [9.17, 15) is 13.2 Å². The first kappa shape index (κ1) is 23.8. The Balaban J connectivity index is 1.17. The van der Waals surface area contributed by atoms with Crippen molar-refractivity contribution in [3.05, 3.63) is 83.2 Å². The number of hydrogen-bond acceptors (Lipinski definition) is 4. The standard InChI is InChI=1S/C27H32N4O3S/c32-27(28-19-24-8-3-4-9-25(24)20-30-15-5-14-29-30)22-12-16-31(17-13-22)35(33,34)26-11-10-21-6-1-2-7-23(21)18-26/h3-5,8-11,14-15,18,22H,1-2,6-7,12-13,16-17,19-20H2,(H,28,32). The van der Waals surface area contributed by atoms with Crippen LogP contribution in [0.3, 0.4) is 0 Å². The van der Waals surface area contributed by atoms with E-state index in [0.717, 1.165) is 30.4 Å². The average Bonchev–Trinajstić information content (AvgIpc) is 3.41. The molecule has 3 aromatic rings. The number of amides is 1. The van der Waals surface area contributed by atoms with E-state index >= 15 is 0 Å². The van der Waals surface area contributed by atoms with Gasteiger partial charge in [-0.15, -0.1) is 0 Å². The van der Waals surface area contributed by atoms with Crippen LogP contribution in [0.15, 0.2) is 65.8 Å². The molecule has 0 spiro atoms. The van der Waals surface area contributed by atoms with E-state index < -0.39 is 10.0 Å². The van der Waals surface area contributed by atoms with Gasteiger partial charge in [-0.05, 0) is 79.0 Å². The lowest BCUT2D eigenvalue weighted by Crippen LogP contribution is -2.43. The summed E-state index contributed by atoms with van der Waals surface area (Å²) in [6.07, 6.45) is 9.00. The fourth-order valence-corrected chi connectivity index (χ4v) is 6.68. The Hall–Kier alpha value is -2.97. The fraction of sp³-hybridized carbons (Fsp3) is 0.407. The van der Waals surface area contributed by atoms with Gasteiger partial charge in [-0.25, -0.2) is 8.42 Å². The zero-order valence-electron chi connectivity index (χ0n) is 19.9. The molecule has 1 amide bonds. The number of aryl methyl sites for hydroxylation is 2. The topological polar surface area (TPSA) is 84.3 Å². The number of benzene rings is 2. The van der Waals surface area contributed by atoms with Crippen LogP contribution < -0.4 is 5.32 Å². The first-order valence-corrected chi connectivity index (χ1v) is 13.9. The van der Waals surface area contributed by atoms with E-state index in [1.54, 1.807) is 16.6 Å². The predicted octanol–water partition coefficient (Wildman–Crippen LogP) is 3.53. The zero-order valence-corrected chi connectivity index (χ0v) is 20.7. The van der Waals surface area contributed by atoms with Crippen LogP contribution >= 0.6 is 0 Å². The molecule has 2 heterocycles. The van der Waals surface area contributed by atoms with Crippen molar-refractivity contribution in [2.75, 3.05) is 13.1 Å². The highest BCUT2D eigenvalue weighted by Crippen LogP contribution is 2.28. The Bertz CT molecular complexity index is 1280. The molecule has 35 heavy (non-hydrogen) atoms. The third kappa shape index (κ3) is 5.33. The number of aromatic nitrogens is 2. The Labute approximate surface area is 207 Å². The molecule has 0 unspecified atom stereocenters. The second-order valence-electron chi connectivity index (χ2n) is 9.51. The maximum Gasteiger partial charge on any atom is 0.243 e. The molecule has 1 N–H and O–H groups in total. The van der Waals surface area contributed by atoms with E-state index in [1.165, 1.54) is 17.5 Å². The largest absolute Gasteiger partial charge is 0.352 e. The molecule has 5 rings (SSSR count). The number of piperidine rings is 1. The summed E-state index contributed by atoms with van der Waals surface area (Å²) >= 11 is 0. The summed E-state index contributed by atoms with van der Waals surface area (Å²) < 4.78 is 29.9. The van der Waals surface area contributed by atoms with Crippen molar-refractivity contribution in [2.24, 2.45) is 5.92 Å². The summed E-state index contributed by atoms with van der Waals surface area (Å²) in [6.45, 7) is 1.84. The molecule has 1 aliphatic carbocycles. The van der Waals surface area contributed by atoms with E-state index in [-0.39, 0.29) is 11.8 Å². The van der Waals surface area contributed by atoms with Gasteiger partial charge < -0.3 is 5.32 Å². The number of carbonyl (C=O) groups is 1. The van der Waals surface area contributed by atoms with Gasteiger partial charge in [-0.3, -0.25) is 9.48 Å².